The number of hydrogen-bond donors (Lipinski definition) is 2. The van der Waals surface area contributed by atoms with E-state index in [0.717, 1.165) is 5.69 Å². The first-order chi connectivity index (χ1) is 14.0. The molecule has 1 heterocycles. The summed E-state index contributed by atoms with van der Waals surface area (Å²) in [5.41, 5.74) is 7.00. The minimum absolute atomic E-state index is 0.00589. The van der Waals surface area contributed by atoms with Crippen LogP contribution in [0.1, 0.15) is 18.3 Å². The number of nitrogen functional groups attached to an aromatic ring is 1. The molecular formula is C20H18N6O3. The zero-order valence-corrected chi connectivity index (χ0v) is 15.6. The minimum atomic E-state index is -0.857. The molecule has 0 unspecified atom stereocenters. The Labute approximate surface area is 167 Å². The van der Waals surface area contributed by atoms with Crippen molar-refractivity contribution in [2.75, 3.05) is 11.1 Å². The van der Waals surface area contributed by atoms with Crippen LogP contribution in [0.5, 0.6) is 5.75 Å². The van der Waals surface area contributed by atoms with Gasteiger partial charge in [0.1, 0.15) is 5.75 Å². The van der Waals surface area contributed by atoms with Gasteiger partial charge in [-0.25, -0.2) is 4.79 Å². The van der Waals surface area contributed by atoms with Gasteiger partial charge in [-0.1, -0.05) is 18.2 Å². The number of rotatable bonds is 7. The lowest BCUT2D eigenvalue weighted by atomic mass is 10.2. The summed E-state index contributed by atoms with van der Waals surface area (Å²) in [6, 6.07) is 17.7. The zero-order valence-electron chi connectivity index (χ0n) is 15.6. The van der Waals surface area contributed by atoms with E-state index in [0.29, 0.717) is 11.3 Å². The second-order valence-electron chi connectivity index (χ2n) is 5.93. The Morgan fingerprint density at radius 1 is 1.14 bits per heavy atom. The molecule has 1 atom stereocenters. The van der Waals surface area contributed by atoms with Crippen LogP contribution in [0.2, 0.25) is 0 Å². The number of nitrogens with zero attached hydrogens (tertiary/aromatic N) is 4. The first-order valence-corrected chi connectivity index (χ1v) is 8.69. The molecule has 9 nitrogen and oxygen atoms in total. The average Bonchev–Trinajstić information content (AvgIpc) is 2.73. The first kappa shape index (κ1) is 19.6. The van der Waals surface area contributed by atoms with Gasteiger partial charge in [0.15, 0.2) is 18.5 Å². The van der Waals surface area contributed by atoms with Crippen molar-refractivity contribution in [3.63, 3.8) is 0 Å². The predicted octanol–water partition coefficient (Wildman–Crippen LogP) is 2.58. The van der Waals surface area contributed by atoms with Crippen LogP contribution in [0.25, 0.3) is 0 Å². The number of ether oxygens (including phenoxy) is 2. The highest BCUT2D eigenvalue weighted by Crippen LogP contribution is 2.15. The van der Waals surface area contributed by atoms with Gasteiger partial charge in [0.25, 0.3) is 0 Å². The summed E-state index contributed by atoms with van der Waals surface area (Å²) in [5.74, 6) is 0.316. The van der Waals surface area contributed by atoms with Gasteiger partial charge in [0.2, 0.25) is 11.9 Å². The van der Waals surface area contributed by atoms with Gasteiger partial charge in [-0.3, -0.25) is 0 Å². The van der Waals surface area contributed by atoms with E-state index in [-0.39, 0.29) is 24.3 Å². The number of anilines is 3. The Morgan fingerprint density at radius 3 is 2.55 bits per heavy atom. The van der Waals surface area contributed by atoms with Crippen molar-refractivity contribution in [1.29, 1.82) is 5.26 Å². The van der Waals surface area contributed by atoms with Crippen LogP contribution in [0, 0.1) is 11.3 Å². The largest absolute Gasteiger partial charge is 0.479 e. The van der Waals surface area contributed by atoms with Crippen LogP contribution in [0.15, 0.2) is 54.6 Å². The van der Waals surface area contributed by atoms with Gasteiger partial charge in [0.05, 0.1) is 11.6 Å². The predicted molar refractivity (Wildman–Crippen MR) is 105 cm³/mol. The number of esters is 1. The van der Waals surface area contributed by atoms with Crippen molar-refractivity contribution in [2.24, 2.45) is 0 Å². The van der Waals surface area contributed by atoms with Crippen LogP contribution in [0.4, 0.5) is 17.6 Å². The fourth-order valence-electron chi connectivity index (χ4n) is 2.32. The number of para-hydroxylation sites is 1. The topological polar surface area (TPSA) is 136 Å². The zero-order chi connectivity index (χ0) is 20.6. The van der Waals surface area contributed by atoms with Crippen LogP contribution in [-0.4, -0.2) is 27.0 Å². The first-order valence-electron chi connectivity index (χ1n) is 8.69. The Balaban J connectivity index is 1.58. The molecule has 1 aromatic heterocycles. The highest BCUT2D eigenvalue weighted by molar-refractivity contribution is 5.74. The fourth-order valence-corrected chi connectivity index (χ4v) is 2.32. The van der Waals surface area contributed by atoms with E-state index in [1.54, 1.807) is 31.2 Å². The number of benzene rings is 2. The average molecular weight is 390 g/mol. The molecular weight excluding hydrogens is 372 g/mol. The van der Waals surface area contributed by atoms with E-state index in [1.165, 1.54) is 0 Å². The molecule has 0 aliphatic carbocycles. The molecule has 29 heavy (non-hydrogen) atoms. The Bertz CT molecular complexity index is 1020. The summed E-state index contributed by atoms with van der Waals surface area (Å²) in [7, 11) is 0. The smallest absolute Gasteiger partial charge is 0.347 e. The summed E-state index contributed by atoms with van der Waals surface area (Å²) in [6.07, 6.45) is -0.857. The number of nitriles is 1. The molecule has 0 bridgehead atoms. The molecule has 3 rings (SSSR count). The van der Waals surface area contributed by atoms with Gasteiger partial charge in [-0.2, -0.15) is 20.2 Å². The Hall–Kier alpha value is -4.19. The fraction of sp³-hybridized carbons (Fsp3) is 0.150. The number of carbonyl (C=O) groups excluding carboxylic acids is 1. The van der Waals surface area contributed by atoms with Crippen molar-refractivity contribution >= 4 is 23.6 Å². The molecule has 0 aliphatic heterocycles. The third kappa shape index (κ3) is 5.64. The van der Waals surface area contributed by atoms with Gasteiger partial charge in [-0.15, -0.1) is 0 Å². The highest BCUT2D eigenvalue weighted by atomic mass is 16.6. The van der Waals surface area contributed by atoms with E-state index in [4.69, 9.17) is 20.5 Å². The van der Waals surface area contributed by atoms with Gasteiger partial charge in [0, 0.05) is 5.69 Å². The number of nitrogens with one attached hydrogen (secondary N) is 1. The van der Waals surface area contributed by atoms with Crippen molar-refractivity contribution < 1.29 is 14.3 Å². The molecule has 2 aromatic carbocycles. The van der Waals surface area contributed by atoms with Gasteiger partial charge >= 0.3 is 5.97 Å². The summed E-state index contributed by atoms with van der Waals surface area (Å²) in [5, 5.41) is 11.8. The van der Waals surface area contributed by atoms with E-state index >= 15 is 0 Å². The van der Waals surface area contributed by atoms with Crippen LogP contribution in [0.3, 0.4) is 0 Å². The number of aromatic nitrogens is 3. The van der Waals surface area contributed by atoms with Crippen LogP contribution < -0.4 is 15.8 Å². The Morgan fingerprint density at radius 2 is 1.86 bits per heavy atom. The third-order valence-corrected chi connectivity index (χ3v) is 3.70. The molecule has 146 valence electrons. The summed E-state index contributed by atoms with van der Waals surface area (Å²) in [4.78, 5) is 24.4. The molecule has 3 aromatic rings. The molecule has 3 N–H and O–H groups in total. The molecule has 0 radical (unpaired) electrons. The normalized spacial score (nSPS) is 11.2. The minimum Gasteiger partial charge on any atom is -0.479 e. The lowest BCUT2D eigenvalue weighted by Crippen LogP contribution is -2.26. The summed E-state index contributed by atoms with van der Waals surface area (Å²) >= 11 is 0. The van der Waals surface area contributed by atoms with E-state index < -0.39 is 12.1 Å². The second-order valence-corrected chi connectivity index (χ2v) is 5.93. The van der Waals surface area contributed by atoms with Crippen molar-refractivity contribution in [2.45, 2.75) is 19.6 Å². The van der Waals surface area contributed by atoms with E-state index in [1.807, 2.05) is 36.4 Å². The van der Waals surface area contributed by atoms with Crippen LogP contribution >= 0.6 is 0 Å². The van der Waals surface area contributed by atoms with Crippen LogP contribution in [-0.2, 0) is 16.1 Å². The third-order valence-electron chi connectivity index (χ3n) is 3.70. The molecule has 0 saturated heterocycles. The number of nitrogens with two attached hydrogens (primary N) is 1. The van der Waals surface area contributed by atoms with Gasteiger partial charge < -0.3 is 20.5 Å². The van der Waals surface area contributed by atoms with E-state index in [2.05, 4.69) is 20.3 Å². The number of hydrogen-bond acceptors (Lipinski definition) is 9. The monoisotopic (exact) mass is 390 g/mol. The molecule has 9 heteroatoms. The van der Waals surface area contributed by atoms with Crippen molar-refractivity contribution in [3.05, 3.63) is 66.0 Å². The lowest BCUT2D eigenvalue weighted by Gasteiger charge is -2.14. The second kappa shape index (κ2) is 9.14. The summed E-state index contributed by atoms with van der Waals surface area (Å²) in [6.45, 7) is 1.38. The summed E-state index contributed by atoms with van der Waals surface area (Å²) < 4.78 is 10.7. The molecule has 0 aliphatic rings. The van der Waals surface area contributed by atoms with E-state index in [9.17, 15) is 4.79 Å². The molecule has 0 saturated carbocycles. The highest BCUT2D eigenvalue weighted by Gasteiger charge is 2.17. The molecule has 0 amide bonds. The van der Waals surface area contributed by atoms with Crippen molar-refractivity contribution in [1.82, 2.24) is 15.0 Å². The maximum Gasteiger partial charge on any atom is 0.347 e. The molecule has 0 spiro atoms. The maximum atomic E-state index is 12.2. The molecule has 0 fully saturated rings. The van der Waals surface area contributed by atoms with Crippen molar-refractivity contribution in [3.8, 4) is 11.8 Å². The standard InChI is InChI=1S/C20H18N6O3/c1-13(29-16-9-7-14(11-21)8-10-16)18(27)28-12-17-24-19(22)26-20(25-17)23-15-5-3-2-4-6-15/h2-10,13H,12H2,1H3,(H3,22,23,24,25,26)/t13-/m0/s1. The number of carbonyl (C=O) groups is 1. The van der Waals surface area contributed by atoms with Gasteiger partial charge in [-0.05, 0) is 43.3 Å². The quantitative estimate of drug-likeness (QED) is 0.583. The Kier molecular flexibility index (Phi) is 6.17. The SMILES string of the molecule is C[C@H](Oc1ccc(C#N)cc1)C(=O)OCc1nc(N)nc(Nc2ccccc2)n1. The lowest BCUT2D eigenvalue weighted by molar-refractivity contribution is -0.152. The maximum absolute atomic E-state index is 12.2.